The lowest BCUT2D eigenvalue weighted by atomic mass is 10.2. The average molecular weight is 287 g/mol. The molecule has 0 spiro atoms. The molecule has 0 atom stereocenters. The summed E-state index contributed by atoms with van der Waals surface area (Å²) >= 11 is 0. The van der Waals surface area contributed by atoms with Crippen molar-refractivity contribution >= 4 is 15.2 Å². The first-order chi connectivity index (χ1) is 9.22. The fourth-order valence-electron chi connectivity index (χ4n) is 0.951. The molecule has 0 aliphatic rings. The molecule has 0 aliphatic carbocycles. The normalized spacial score (nSPS) is 17.0. The van der Waals surface area contributed by atoms with Crippen LogP contribution in [-0.2, 0) is 15.6 Å². The Kier molecular flexibility index (Phi) is 2.52. The Morgan fingerprint density at radius 1 is 1.29 bits per heavy atom. The molecule has 5 N–H and O–H groups in total. The number of aliphatic hydroxyl groups is 1. The minimum absolute atomic E-state index is 0.759. The molecular formula is C7H11NO7P2. The molecule has 0 aliphatic heterocycles. The van der Waals surface area contributed by atoms with E-state index >= 15 is 0 Å². The summed E-state index contributed by atoms with van der Waals surface area (Å²) in [6.07, 6.45) is -3.11. The van der Waals surface area contributed by atoms with Gasteiger partial charge in [0.1, 0.15) is 0 Å². The Morgan fingerprint density at radius 3 is 2.29 bits per heavy atom. The van der Waals surface area contributed by atoms with Gasteiger partial charge >= 0.3 is 15.2 Å². The van der Waals surface area contributed by atoms with Gasteiger partial charge < -0.3 is 24.7 Å². The Bertz CT molecular complexity index is 649. The van der Waals surface area contributed by atoms with Crippen LogP contribution in [0.3, 0.4) is 0 Å². The van der Waals surface area contributed by atoms with Crippen LogP contribution in [0.25, 0.3) is 0 Å². The van der Waals surface area contributed by atoms with Gasteiger partial charge in [-0.15, -0.1) is 0 Å². The number of aromatic nitrogens is 1. The summed E-state index contributed by atoms with van der Waals surface area (Å²) in [6, 6.07) is -1.68. The number of hydrogen-bond donors (Lipinski definition) is 5. The number of rotatable bonds is 4. The standard InChI is InChI=1S/C7H11NO7P2/c9-7(16(10,11)12,17(13,14)15)4-6-2-1-3-8-5-6/h1-3,5,9H,4H2,(H2,10,11,12)(H2,13,14,15)/i1D,2D,3D,5D. The van der Waals surface area contributed by atoms with Crippen molar-refractivity contribution in [1.82, 2.24) is 4.98 Å². The lowest BCUT2D eigenvalue weighted by Crippen LogP contribution is -2.31. The second-order valence-electron chi connectivity index (χ2n) is 3.10. The van der Waals surface area contributed by atoms with Gasteiger partial charge in [-0.25, -0.2) is 0 Å². The van der Waals surface area contributed by atoms with E-state index < -0.39 is 56.7 Å². The van der Waals surface area contributed by atoms with Gasteiger partial charge in [-0.3, -0.25) is 14.1 Å². The van der Waals surface area contributed by atoms with Crippen molar-refractivity contribution < 1.29 is 39.3 Å². The molecule has 17 heavy (non-hydrogen) atoms. The highest BCUT2D eigenvalue weighted by molar-refractivity contribution is 7.72. The van der Waals surface area contributed by atoms with E-state index in [4.69, 9.17) is 25.1 Å². The molecule has 8 nitrogen and oxygen atoms in total. The van der Waals surface area contributed by atoms with Crippen LogP contribution in [0.2, 0.25) is 0 Å². The molecular weight excluding hydrogens is 272 g/mol. The molecule has 0 amide bonds. The van der Waals surface area contributed by atoms with Crippen molar-refractivity contribution in [2.75, 3.05) is 0 Å². The van der Waals surface area contributed by atoms with Crippen molar-refractivity contribution in [3.63, 3.8) is 0 Å². The van der Waals surface area contributed by atoms with Crippen LogP contribution in [0.15, 0.2) is 24.4 Å². The molecule has 0 saturated heterocycles. The van der Waals surface area contributed by atoms with E-state index in [9.17, 15) is 14.2 Å². The smallest absolute Gasteiger partial charge is 0.367 e. The van der Waals surface area contributed by atoms with Crippen LogP contribution in [0, 0.1) is 0 Å². The van der Waals surface area contributed by atoms with E-state index in [1.807, 2.05) is 0 Å². The van der Waals surface area contributed by atoms with Crippen molar-refractivity contribution in [1.29, 1.82) is 0 Å². The summed E-state index contributed by atoms with van der Waals surface area (Å²) in [7, 11) is -11.5. The highest BCUT2D eigenvalue weighted by atomic mass is 31.2. The monoisotopic (exact) mass is 287 g/mol. The first-order valence-electron chi connectivity index (χ1n) is 5.99. The molecule has 0 radical (unpaired) electrons. The van der Waals surface area contributed by atoms with Crippen LogP contribution >= 0.6 is 15.2 Å². The van der Waals surface area contributed by atoms with Gasteiger partial charge in [0.05, 0.1) is 5.48 Å². The minimum Gasteiger partial charge on any atom is -0.367 e. The molecule has 96 valence electrons. The van der Waals surface area contributed by atoms with Crippen LogP contribution in [0.1, 0.15) is 11.0 Å². The zero-order valence-electron chi connectivity index (χ0n) is 12.1. The predicted octanol–water partition coefficient (Wildman–Crippen LogP) is -0.374. The maximum absolute atomic E-state index is 11.2. The average Bonchev–Trinajstić information content (AvgIpc) is 2.28. The third-order valence-electron chi connectivity index (χ3n) is 1.86. The molecule has 1 heterocycles. The molecule has 0 fully saturated rings. The summed E-state index contributed by atoms with van der Waals surface area (Å²) in [6.45, 7) is 0. The van der Waals surface area contributed by atoms with Gasteiger partial charge in [0.15, 0.2) is 0 Å². The minimum atomic E-state index is -5.75. The van der Waals surface area contributed by atoms with Gasteiger partial charge in [0.2, 0.25) is 0 Å². The molecule has 1 aromatic rings. The Hall–Kier alpha value is -0.590. The van der Waals surface area contributed by atoms with E-state index in [1.54, 1.807) is 0 Å². The SMILES string of the molecule is [2H]c1nc([2H])c(CC(O)(P(=O)(O)O)P(=O)(O)O)c([2H])c1[2H]. The molecule has 0 unspecified atom stereocenters. The lowest BCUT2D eigenvalue weighted by molar-refractivity contribution is 0.131. The summed E-state index contributed by atoms with van der Waals surface area (Å²) in [5, 5.41) is 5.87. The maximum Gasteiger partial charge on any atom is 0.369 e. The zero-order valence-corrected chi connectivity index (χ0v) is 9.89. The van der Waals surface area contributed by atoms with Crippen molar-refractivity contribution in [2.45, 2.75) is 11.5 Å². The van der Waals surface area contributed by atoms with E-state index in [0.717, 1.165) is 0 Å². The highest BCUT2D eigenvalue weighted by Crippen LogP contribution is 2.68. The first-order valence-corrected chi connectivity index (χ1v) is 7.22. The molecule has 1 rings (SSSR count). The summed E-state index contributed by atoms with van der Waals surface area (Å²) in [5.41, 5.74) is -0.759. The topological polar surface area (TPSA) is 148 Å². The number of hydrogen-bond acceptors (Lipinski definition) is 4. The highest BCUT2D eigenvalue weighted by Gasteiger charge is 2.59. The van der Waals surface area contributed by atoms with Crippen LogP contribution in [-0.4, -0.2) is 34.7 Å². The molecule has 0 aromatic carbocycles. The molecule has 10 heteroatoms. The zero-order chi connectivity index (χ0) is 16.8. The van der Waals surface area contributed by atoms with Crippen LogP contribution in [0.4, 0.5) is 0 Å². The second kappa shape index (κ2) is 4.59. The lowest BCUT2D eigenvalue weighted by Gasteiger charge is -2.29. The Balaban J connectivity index is 3.55. The number of nitrogens with zero attached hydrogens (tertiary/aromatic N) is 1. The predicted molar refractivity (Wildman–Crippen MR) is 57.0 cm³/mol. The molecule has 0 saturated carbocycles. The van der Waals surface area contributed by atoms with Gasteiger partial charge in [0, 0.05) is 18.8 Å². The van der Waals surface area contributed by atoms with Crippen LogP contribution in [0.5, 0.6) is 0 Å². The van der Waals surface area contributed by atoms with E-state index in [-0.39, 0.29) is 0 Å². The fraction of sp³-hybridized carbons (Fsp3) is 0.286. The molecule has 1 aromatic heterocycles. The third kappa shape index (κ3) is 3.00. The first kappa shape index (κ1) is 9.35. The summed E-state index contributed by atoms with van der Waals surface area (Å²) in [4.78, 5) is 39.1. The van der Waals surface area contributed by atoms with Crippen molar-refractivity contribution in [3.05, 3.63) is 30.0 Å². The fourth-order valence-corrected chi connectivity index (χ4v) is 3.04. The Labute approximate surface area is 102 Å². The largest absolute Gasteiger partial charge is 0.369 e. The van der Waals surface area contributed by atoms with Gasteiger partial charge in [-0.1, -0.05) is 6.04 Å². The van der Waals surface area contributed by atoms with E-state index in [2.05, 4.69) is 4.98 Å². The van der Waals surface area contributed by atoms with E-state index in [0.29, 0.717) is 0 Å². The van der Waals surface area contributed by atoms with Crippen LogP contribution < -0.4 is 0 Å². The molecule has 0 bridgehead atoms. The summed E-state index contributed by atoms with van der Waals surface area (Å²) < 4.78 is 51.8. The maximum atomic E-state index is 11.2. The van der Waals surface area contributed by atoms with Gasteiger partial charge in [0.25, 0.3) is 5.08 Å². The Morgan fingerprint density at radius 2 is 1.82 bits per heavy atom. The van der Waals surface area contributed by atoms with E-state index in [1.165, 1.54) is 0 Å². The summed E-state index contributed by atoms with van der Waals surface area (Å²) in [5.74, 6) is 0. The third-order valence-corrected chi connectivity index (χ3v) is 5.61. The van der Waals surface area contributed by atoms with Gasteiger partial charge in [-0.2, -0.15) is 0 Å². The second-order valence-corrected chi connectivity index (χ2v) is 7.11. The quantitative estimate of drug-likeness (QED) is 0.471. The van der Waals surface area contributed by atoms with Crippen molar-refractivity contribution in [3.8, 4) is 0 Å². The number of pyridine rings is 1. The van der Waals surface area contributed by atoms with Crippen molar-refractivity contribution in [2.24, 2.45) is 0 Å². The van der Waals surface area contributed by atoms with Gasteiger partial charge in [-0.05, 0) is 11.6 Å².